The molecule has 146 valence electrons. The van der Waals surface area contributed by atoms with Crippen LogP contribution in [0.25, 0.3) is 0 Å². The van der Waals surface area contributed by atoms with E-state index in [1.165, 1.54) is 27.4 Å². The fourth-order valence-electron chi connectivity index (χ4n) is 3.20. The molecule has 6 nitrogen and oxygen atoms in total. The number of rotatable bonds is 5. The summed E-state index contributed by atoms with van der Waals surface area (Å²) < 4.78 is 27.0. The van der Waals surface area contributed by atoms with Crippen molar-refractivity contribution in [3.8, 4) is 6.07 Å². The summed E-state index contributed by atoms with van der Waals surface area (Å²) in [4.78, 5) is 14.4. The number of amides is 1. The summed E-state index contributed by atoms with van der Waals surface area (Å²) in [6.07, 6.45) is 1.67. The van der Waals surface area contributed by atoms with Crippen LogP contribution >= 0.6 is 11.6 Å². The number of carbonyl (C=O) groups is 1. The molecule has 1 amide bonds. The van der Waals surface area contributed by atoms with Crippen LogP contribution in [0.5, 0.6) is 0 Å². The van der Waals surface area contributed by atoms with Crippen molar-refractivity contribution in [2.75, 3.05) is 20.1 Å². The van der Waals surface area contributed by atoms with Gasteiger partial charge in [-0.3, -0.25) is 4.79 Å². The van der Waals surface area contributed by atoms with Crippen LogP contribution in [0.4, 0.5) is 0 Å². The molecular weight excluding hydrogens is 398 g/mol. The minimum atomic E-state index is -3.64. The number of nitriles is 1. The van der Waals surface area contributed by atoms with E-state index in [1.807, 2.05) is 6.07 Å². The molecule has 0 spiro atoms. The fourth-order valence-corrected chi connectivity index (χ4v) is 4.94. The second-order valence-corrected chi connectivity index (χ2v) is 9.07. The Morgan fingerprint density at radius 2 is 1.93 bits per heavy atom. The Bertz CT molecular complexity index is 1040. The molecule has 0 N–H and O–H groups in total. The van der Waals surface area contributed by atoms with E-state index in [9.17, 15) is 13.2 Å². The number of nitrogens with zero attached hydrogens (tertiary/aromatic N) is 3. The van der Waals surface area contributed by atoms with Gasteiger partial charge in [-0.1, -0.05) is 23.7 Å². The van der Waals surface area contributed by atoms with Gasteiger partial charge in [0.15, 0.2) is 0 Å². The van der Waals surface area contributed by atoms with Crippen LogP contribution in [0.1, 0.15) is 34.3 Å². The van der Waals surface area contributed by atoms with Crippen LogP contribution in [-0.2, 0) is 16.6 Å². The smallest absolute Gasteiger partial charge is 0.255 e. The third kappa shape index (κ3) is 4.20. The van der Waals surface area contributed by atoms with Gasteiger partial charge in [-0.2, -0.15) is 9.57 Å². The zero-order valence-electron chi connectivity index (χ0n) is 15.4. The van der Waals surface area contributed by atoms with E-state index in [1.54, 1.807) is 25.2 Å². The summed E-state index contributed by atoms with van der Waals surface area (Å²) in [5.74, 6) is -0.383. The predicted molar refractivity (Wildman–Crippen MR) is 106 cm³/mol. The zero-order chi connectivity index (χ0) is 20.3. The van der Waals surface area contributed by atoms with Crippen molar-refractivity contribution in [2.24, 2.45) is 0 Å². The summed E-state index contributed by atoms with van der Waals surface area (Å²) in [5.41, 5.74) is 1.45. The largest absolute Gasteiger partial charge is 0.337 e. The molecule has 1 aliphatic rings. The van der Waals surface area contributed by atoms with E-state index < -0.39 is 10.0 Å². The monoisotopic (exact) mass is 417 g/mol. The lowest BCUT2D eigenvalue weighted by molar-refractivity contribution is 0.0785. The van der Waals surface area contributed by atoms with Gasteiger partial charge in [0.1, 0.15) is 0 Å². The first-order chi connectivity index (χ1) is 13.3. The summed E-state index contributed by atoms with van der Waals surface area (Å²) in [6, 6.07) is 13.3. The number of benzene rings is 2. The summed E-state index contributed by atoms with van der Waals surface area (Å²) in [5, 5.41) is 9.20. The molecule has 0 aromatic heterocycles. The number of sulfonamides is 1. The molecular formula is C20H20ClN3O3S. The molecule has 8 heteroatoms. The molecule has 0 unspecified atom stereocenters. The van der Waals surface area contributed by atoms with Gasteiger partial charge in [0, 0.05) is 26.7 Å². The van der Waals surface area contributed by atoms with Crippen molar-refractivity contribution >= 4 is 27.5 Å². The van der Waals surface area contributed by atoms with Gasteiger partial charge in [-0.15, -0.1) is 0 Å². The van der Waals surface area contributed by atoms with Gasteiger partial charge in [0.05, 0.1) is 27.1 Å². The van der Waals surface area contributed by atoms with Gasteiger partial charge in [-0.25, -0.2) is 8.42 Å². The zero-order valence-corrected chi connectivity index (χ0v) is 17.0. The van der Waals surface area contributed by atoms with Crippen molar-refractivity contribution < 1.29 is 13.2 Å². The van der Waals surface area contributed by atoms with Crippen LogP contribution in [0.3, 0.4) is 0 Å². The van der Waals surface area contributed by atoms with E-state index in [0.717, 1.165) is 18.4 Å². The van der Waals surface area contributed by atoms with E-state index in [4.69, 9.17) is 16.9 Å². The highest BCUT2D eigenvalue weighted by Gasteiger charge is 2.28. The molecule has 0 bridgehead atoms. The molecule has 28 heavy (non-hydrogen) atoms. The lowest BCUT2D eigenvalue weighted by atomic mass is 10.1. The Morgan fingerprint density at radius 1 is 1.21 bits per heavy atom. The summed E-state index contributed by atoms with van der Waals surface area (Å²) in [6.45, 7) is 1.25. The topological polar surface area (TPSA) is 81.5 Å². The van der Waals surface area contributed by atoms with Gasteiger partial charge < -0.3 is 4.90 Å². The average molecular weight is 418 g/mol. The Morgan fingerprint density at radius 3 is 2.61 bits per heavy atom. The Hall–Kier alpha value is -2.40. The maximum atomic E-state index is 12.9. The van der Waals surface area contributed by atoms with Crippen molar-refractivity contribution in [2.45, 2.75) is 24.3 Å². The first kappa shape index (κ1) is 20.3. The minimum Gasteiger partial charge on any atom is -0.337 e. The molecule has 1 saturated heterocycles. The highest BCUT2D eigenvalue weighted by atomic mass is 35.5. The van der Waals surface area contributed by atoms with Crippen LogP contribution in [-0.4, -0.2) is 43.7 Å². The molecule has 1 heterocycles. The number of halogens is 1. The number of carbonyl (C=O) groups excluding carboxylic acids is 1. The Kier molecular flexibility index (Phi) is 6.04. The highest BCUT2D eigenvalue weighted by Crippen LogP contribution is 2.26. The second kappa shape index (κ2) is 8.31. The minimum absolute atomic E-state index is 0.0713. The third-order valence-electron chi connectivity index (χ3n) is 4.69. The van der Waals surface area contributed by atoms with Gasteiger partial charge in [0.25, 0.3) is 5.91 Å². The van der Waals surface area contributed by atoms with Gasteiger partial charge >= 0.3 is 0 Å². The predicted octanol–water partition coefficient (Wildman–Crippen LogP) is 3.27. The molecule has 1 fully saturated rings. The van der Waals surface area contributed by atoms with Crippen molar-refractivity contribution in [3.63, 3.8) is 0 Å². The fraction of sp³-hybridized carbons (Fsp3) is 0.300. The Labute approximate surface area is 170 Å². The van der Waals surface area contributed by atoms with Crippen molar-refractivity contribution in [1.29, 1.82) is 5.26 Å². The molecule has 1 aliphatic heterocycles. The summed E-state index contributed by atoms with van der Waals surface area (Å²) >= 11 is 6.20. The van der Waals surface area contributed by atoms with E-state index in [2.05, 4.69) is 6.07 Å². The highest BCUT2D eigenvalue weighted by molar-refractivity contribution is 7.89. The molecule has 0 radical (unpaired) electrons. The quantitative estimate of drug-likeness (QED) is 0.747. The lowest BCUT2D eigenvalue weighted by Crippen LogP contribution is -2.29. The van der Waals surface area contributed by atoms with E-state index >= 15 is 0 Å². The average Bonchev–Trinajstić information content (AvgIpc) is 3.23. The maximum absolute atomic E-state index is 12.9. The molecule has 2 aromatic carbocycles. The summed E-state index contributed by atoms with van der Waals surface area (Å²) in [7, 11) is -2.03. The first-order valence-corrected chi connectivity index (χ1v) is 10.7. The number of hydrogen-bond acceptors (Lipinski definition) is 4. The van der Waals surface area contributed by atoms with Crippen molar-refractivity contribution in [1.82, 2.24) is 9.21 Å². The second-order valence-electron chi connectivity index (χ2n) is 6.73. The van der Waals surface area contributed by atoms with E-state index in [-0.39, 0.29) is 27.9 Å². The molecule has 2 aromatic rings. The third-order valence-corrected chi connectivity index (χ3v) is 6.92. The van der Waals surface area contributed by atoms with Crippen LogP contribution in [0.15, 0.2) is 47.4 Å². The number of hydrogen-bond donors (Lipinski definition) is 0. The van der Waals surface area contributed by atoms with Gasteiger partial charge in [-0.05, 0) is 48.7 Å². The molecule has 0 aliphatic carbocycles. The van der Waals surface area contributed by atoms with Crippen LogP contribution in [0.2, 0.25) is 5.02 Å². The maximum Gasteiger partial charge on any atom is 0.255 e. The van der Waals surface area contributed by atoms with Crippen molar-refractivity contribution in [3.05, 3.63) is 64.2 Å². The standard InChI is InChI=1S/C20H20ClN3O3S/c1-23(14-16-6-4-5-15(11-16)13-22)20(25)18-12-17(7-8-19(18)21)28(26,27)24-9-2-3-10-24/h4-8,11-12H,2-3,9-10,14H2,1H3. The van der Waals surface area contributed by atoms with Gasteiger partial charge in [0.2, 0.25) is 10.0 Å². The van der Waals surface area contributed by atoms with Crippen LogP contribution in [0, 0.1) is 11.3 Å². The lowest BCUT2D eigenvalue weighted by Gasteiger charge is -2.20. The SMILES string of the molecule is CN(Cc1cccc(C#N)c1)C(=O)c1cc(S(=O)(=O)N2CCCC2)ccc1Cl. The molecule has 3 rings (SSSR count). The normalized spacial score (nSPS) is 14.6. The van der Waals surface area contributed by atoms with E-state index in [0.29, 0.717) is 18.7 Å². The molecule has 0 atom stereocenters. The van der Waals surface area contributed by atoms with Crippen LogP contribution < -0.4 is 0 Å². The molecule has 0 saturated carbocycles. The Balaban J connectivity index is 1.85. The first-order valence-electron chi connectivity index (χ1n) is 8.87.